The van der Waals surface area contributed by atoms with Crippen molar-refractivity contribution in [3.05, 3.63) is 46.1 Å². The number of hydrogen-bond acceptors (Lipinski definition) is 5. The van der Waals surface area contributed by atoms with Crippen LogP contribution in [0.3, 0.4) is 0 Å². The van der Waals surface area contributed by atoms with Crippen molar-refractivity contribution >= 4 is 27.3 Å². The zero-order chi connectivity index (χ0) is 17.4. The molecule has 23 heavy (non-hydrogen) atoms. The molecule has 124 valence electrons. The third-order valence-corrected chi connectivity index (χ3v) is 3.41. The number of hydrogen-bond donors (Lipinski definition) is 2. The molecule has 0 aliphatic carbocycles. The third-order valence-electron chi connectivity index (χ3n) is 2.64. The van der Waals surface area contributed by atoms with Crippen molar-refractivity contribution < 1.29 is 9.52 Å². The molecule has 0 fully saturated rings. The molecule has 0 atom stereocenters. The zero-order valence-electron chi connectivity index (χ0n) is 13.9. The highest BCUT2D eigenvalue weighted by Gasteiger charge is 2.11. The number of fused-ring (bicyclic) bond motifs is 1. The fourth-order valence-electron chi connectivity index (χ4n) is 1.84. The molecule has 2 aromatic carbocycles. The lowest BCUT2D eigenvalue weighted by molar-refractivity contribution is 0.476. The van der Waals surface area contributed by atoms with Gasteiger partial charge in [0.05, 0.1) is 4.70 Å². The van der Waals surface area contributed by atoms with Crippen molar-refractivity contribution in [1.29, 1.82) is 0 Å². The molecule has 3 N–H and O–H groups in total. The molecule has 5 heteroatoms. The Kier molecular flexibility index (Phi) is 7.35. The number of rotatable bonds is 1. The van der Waals surface area contributed by atoms with E-state index in [1.165, 1.54) is 12.5 Å². The Morgan fingerprint density at radius 1 is 1.13 bits per heavy atom. The summed E-state index contributed by atoms with van der Waals surface area (Å²) < 4.78 is 5.79. The molecule has 3 aromatic rings. The maximum atomic E-state index is 11.3. The van der Waals surface area contributed by atoms with Gasteiger partial charge >= 0.3 is 4.94 Å². The minimum Gasteiger partial charge on any atom is -0.508 e. The number of anilines is 1. The molecular formula is C18H23NO3S. The average molecular weight is 333 g/mol. The Hall–Kier alpha value is -2.27. The van der Waals surface area contributed by atoms with Crippen molar-refractivity contribution in [2.45, 2.75) is 34.1 Å². The molecule has 0 bridgehead atoms. The summed E-state index contributed by atoms with van der Waals surface area (Å²) in [5.41, 5.74) is 8.30. The summed E-state index contributed by atoms with van der Waals surface area (Å²) in [4.78, 5) is 10.9. The van der Waals surface area contributed by atoms with E-state index < -0.39 is 0 Å². The van der Waals surface area contributed by atoms with Gasteiger partial charge in [0.2, 0.25) is 0 Å². The largest absolute Gasteiger partial charge is 0.508 e. The zero-order valence-corrected chi connectivity index (χ0v) is 14.7. The number of nitrogens with two attached hydrogens (primary N) is 1. The van der Waals surface area contributed by atoms with E-state index in [2.05, 4.69) is 13.8 Å². The van der Waals surface area contributed by atoms with Crippen LogP contribution >= 0.6 is 11.3 Å². The second-order valence-electron chi connectivity index (χ2n) is 4.60. The lowest BCUT2D eigenvalue weighted by Crippen LogP contribution is -1.85. The van der Waals surface area contributed by atoms with Crippen molar-refractivity contribution in [1.82, 2.24) is 0 Å². The van der Waals surface area contributed by atoms with E-state index in [-0.39, 0.29) is 10.7 Å². The molecule has 3 rings (SSSR count). The standard InChI is InChI=1S/C13H9NO3S.C3H8.C2H6/c14-8-3-1-7(2-4-8)10-5-9(15)6-11-12(10)17-13(16)18-11;1-3-2;1-2/h1-6,15H,14H2;3H2,1-2H3;1-2H3. The molecule has 1 aromatic heterocycles. The van der Waals surface area contributed by atoms with E-state index in [1.54, 1.807) is 18.2 Å². The molecule has 1 heterocycles. The predicted octanol–water partition coefficient (Wildman–Crippen LogP) is 5.25. The number of nitrogen functional groups attached to an aromatic ring is 1. The van der Waals surface area contributed by atoms with E-state index in [4.69, 9.17) is 10.2 Å². The molecule has 0 spiro atoms. The van der Waals surface area contributed by atoms with Crippen molar-refractivity contribution in [3.63, 3.8) is 0 Å². The second kappa shape index (κ2) is 9.00. The van der Waals surface area contributed by atoms with E-state index in [1.807, 2.05) is 26.0 Å². The summed E-state index contributed by atoms with van der Waals surface area (Å²) in [6.45, 7) is 8.25. The number of benzene rings is 2. The Bertz CT molecular complexity index is 788. The van der Waals surface area contributed by atoms with Crippen LogP contribution in [0.5, 0.6) is 5.75 Å². The van der Waals surface area contributed by atoms with Crippen LogP contribution in [0.1, 0.15) is 34.1 Å². The Balaban J connectivity index is 0.000000477. The quantitative estimate of drug-likeness (QED) is 0.596. The Labute approximate surface area is 140 Å². The fourth-order valence-corrected chi connectivity index (χ4v) is 2.57. The van der Waals surface area contributed by atoms with E-state index in [0.29, 0.717) is 21.5 Å². The first-order chi connectivity index (χ1) is 11.0. The third kappa shape index (κ3) is 4.86. The van der Waals surface area contributed by atoms with Gasteiger partial charge in [-0.05, 0) is 23.8 Å². The van der Waals surface area contributed by atoms with Gasteiger partial charge in [-0.1, -0.05) is 57.6 Å². The van der Waals surface area contributed by atoms with Crippen LogP contribution in [0.25, 0.3) is 21.4 Å². The van der Waals surface area contributed by atoms with Gasteiger partial charge in [-0.3, -0.25) is 0 Å². The van der Waals surface area contributed by atoms with E-state index >= 15 is 0 Å². The predicted molar refractivity (Wildman–Crippen MR) is 99.2 cm³/mol. The molecule has 0 aliphatic rings. The Morgan fingerprint density at radius 2 is 1.70 bits per heavy atom. The SMILES string of the molecule is CC.CCC.Nc1ccc(-c2cc(O)cc3sc(=O)oc23)cc1. The summed E-state index contributed by atoms with van der Waals surface area (Å²) >= 11 is 0.971. The van der Waals surface area contributed by atoms with Gasteiger partial charge in [-0.15, -0.1) is 0 Å². The first-order valence-electron chi connectivity index (χ1n) is 7.67. The minimum atomic E-state index is -0.382. The van der Waals surface area contributed by atoms with Crippen LogP contribution in [0.4, 0.5) is 5.69 Å². The molecule has 0 amide bonds. The van der Waals surface area contributed by atoms with Crippen LogP contribution in [0.15, 0.2) is 45.6 Å². The van der Waals surface area contributed by atoms with Crippen LogP contribution in [0, 0.1) is 0 Å². The lowest BCUT2D eigenvalue weighted by atomic mass is 10.0. The van der Waals surface area contributed by atoms with Gasteiger partial charge in [-0.2, -0.15) is 0 Å². The van der Waals surface area contributed by atoms with Gasteiger partial charge in [0, 0.05) is 17.3 Å². The molecule has 0 radical (unpaired) electrons. The van der Waals surface area contributed by atoms with Gasteiger partial charge in [0.15, 0.2) is 5.58 Å². The fraction of sp³-hybridized carbons (Fsp3) is 0.278. The van der Waals surface area contributed by atoms with Crippen molar-refractivity contribution in [2.24, 2.45) is 0 Å². The van der Waals surface area contributed by atoms with Gasteiger partial charge < -0.3 is 15.3 Å². The molecule has 0 unspecified atom stereocenters. The Morgan fingerprint density at radius 3 is 2.26 bits per heavy atom. The van der Waals surface area contributed by atoms with Gasteiger partial charge in [-0.25, -0.2) is 4.79 Å². The van der Waals surface area contributed by atoms with Crippen LogP contribution < -0.4 is 10.7 Å². The molecular weight excluding hydrogens is 310 g/mol. The average Bonchev–Trinajstić information content (AvgIpc) is 2.90. The van der Waals surface area contributed by atoms with E-state index in [9.17, 15) is 9.90 Å². The molecule has 0 saturated carbocycles. The van der Waals surface area contributed by atoms with Crippen molar-refractivity contribution in [2.75, 3.05) is 5.73 Å². The van der Waals surface area contributed by atoms with Crippen LogP contribution in [0.2, 0.25) is 0 Å². The highest BCUT2D eigenvalue weighted by Crippen LogP contribution is 2.34. The first-order valence-corrected chi connectivity index (χ1v) is 8.49. The van der Waals surface area contributed by atoms with Crippen LogP contribution in [-0.4, -0.2) is 5.11 Å². The first kappa shape index (κ1) is 18.8. The highest BCUT2D eigenvalue weighted by molar-refractivity contribution is 7.16. The smallest absolute Gasteiger partial charge is 0.396 e. The lowest BCUT2D eigenvalue weighted by Gasteiger charge is -2.03. The topological polar surface area (TPSA) is 76.5 Å². The summed E-state index contributed by atoms with van der Waals surface area (Å²) in [6.07, 6.45) is 1.25. The normalized spacial score (nSPS) is 9.57. The van der Waals surface area contributed by atoms with Gasteiger partial charge in [0.25, 0.3) is 0 Å². The van der Waals surface area contributed by atoms with Crippen molar-refractivity contribution in [3.8, 4) is 16.9 Å². The summed E-state index contributed by atoms with van der Waals surface area (Å²) in [5.74, 6) is 0.103. The molecule has 0 saturated heterocycles. The summed E-state index contributed by atoms with van der Waals surface area (Å²) in [5, 5.41) is 9.67. The summed E-state index contributed by atoms with van der Waals surface area (Å²) in [7, 11) is 0. The maximum absolute atomic E-state index is 11.3. The summed E-state index contributed by atoms with van der Waals surface area (Å²) in [6, 6.07) is 10.3. The number of aromatic hydroxyl groups is 1. The highest BCUT2D eigenvalue weighted by atomic mass is 32.1. The maximum Gasteiger partial charge on any atom is 0.396 e. The van der Waals surface area contributed by atoms with Gasteiger partial charge in [0.1, 0.15) is 5.75 Å². The second-order valence-corrected chi connectivity index (χ2v) is 5.58. The molecule has 0 aliphatic heterocycles. The minimum absolute atomic E-state index is 0.103. The monoisotopic (exact) mass is 333 g/mol. The number of phenols is 1. The molecule has 4 nitrogen and oxygen atoms in total. The number of phenolic OH excluding ortho intramolecular Hbond substituents is 1. The van der Waals surface area contributed by atoms with E-state index in [0.717, 1.165) is 16.9 Å². The van der Waals surface area contributed by atoms with Crippen LogP contribution in [-0.2, 0) is 0 Å².